The summed E-state index contributed by atoms with van der Waals surface area (Å²) in [5, 5.41) is 8.85. The maximum Gasteiger partial charge on any atom is 0.407 e. The number of carbonyl (C=O) groups excluding carboxylic acids is 4. The first-order valence-corrected chi connectivity index (χ1v) is 19.3. The molecule has 5 atom stereocenters. The van der Waals surface area contributed by atoms with Crippen molar-refractivity contribution in [1.82, 2.24) is 25.4 Å². The summed E-state index contributed by atoms with van der Waals surface area (Å²) in [4.78, 5) is 59.6. The van der Waals surface area contributed by atoms with Crippen LogP contribution in [0.5, 0.6) is 5.75 Å². The van der Waals surface area contributed by atoms with Crippen molar-refractivity contribution in [2.24, 2.45) is 11.8 Å². The van der Waals surface area contributed by atoms with Crippen molar-refractivity contribution in [2.75, 3.05) is 32.6 Å². The Morgan fingerprint density at radius 3 is 1.93 bits per heavy atom. The second-order valence-electron chi connectivity index (χ2n) is 15.4. The van der Waals surface area contributed by atoms with Crippen molar-refractivity contribution < 1.29 is 37.8 Å². The predicted molar refractivity (Wildman–Crippen MR) is 210 cm³/mol. The molecule has 7 rings (SSSR count). The molecule has 1 unspecified atom stereocenters. The van der Waals surface area contributed by atoms with Crippen molar-refractivity contribution in [3.05, 3.63) is 66.6 Å². The first-order chi connectivity index (χ1) is 26.9. The number of carbonyl (C=O) groups is 4. The lowest BCUT2D eigenvalue weighted by Gasteiger charge is -2.33. The lowest BCUT2D eigenvalue weighted by atomic mass is 10.00. The molecule has 3 N–H and O–H groups in total. The largest absolute Gasteiger partial charge is 0.466 e. The third-order valence-electron chi connectivity index (χ3n) is 11.0. The molecule has 0 radical (unpaired) electrons. The summed E-state index contributed by atoms with van der Waals surface area (Å²) in [6, 6.07) is 18.3. The van der Waals surface area contributed by atoms with Crippen LogP contribution in [0.15, 0.2) is 65.1 Å². The van der Waals surface area contributed by atoms with Crippen molar-refractivity contribution in [2.45, 2.75) is 83.8 Å². The van der Waals surface area contributed by atoms with Crippen LogP contribution in [0.25, 0.3) is 33.4 Å². The van der Waals surface area contributed by atoms with Gasteiger partial charge in [-0.25, -0.2) is 14.6 Å². The van der Waals surface area contributed by atoms with E-state index in [0.29, 0.717) is 36.5 Å². The number of benzene rings is 3. The maximum absolute atomic E-state index is 13.6. The average Bonchev–Trinajstić information content (AvgIpc) is 4.03. The number of aromatic nitrogens is 1. The normalized spacial score (nSPS) is 20.0. The van der Waals surface area contributed by atoms with E-state index in [4.69, 9.17) is 23.6 Å². The number of rotatable bonds is 10. The molecule has 56 heavy (non-hydrogen) atoms. The Bertz CT molecular complexity index is 2100. The third kappa shape index (κ3) is 7.69. The van der Waals surface area contributed by atoms with Crippen molar-refractivity contribution >= 4 is 40.8 Å². The fourth-order valence-corrected chi connectivity index (χ4v) is 7.96. The molecule has 0 saturated carbocycles. The van der Waals surface area contributed by atoms with Gasteiger partial charge in [0.15, 0.2) is 11.8 Å². The highest BCUT2D eigenvalue weighted by Crippen LogP contribution is 2.40. The fourth-order valence-electron chi connectivity index (χ4n) is 7.96. The highest BCUT2D eigenvalue weighted by atomic mass is 16.5. The summed E-state index contributed by atoms with van der Waals surface area (Å²) < 4.78 is 22.2. The molecular weight excluding hydrogens is 716 g/mol. The van der Waals surface area contributed by atoms with E-state index in [1.165, 1.54) is 14.2 Å². The Morgan fingerprint density at radius 1 is 0.750 bits per heavy atom. The van der Waals surface area contributed by atoms with E-state index in [1.54, 1.807) is 4.90 Å². The molecule has 0 bridgehead atoms. The third-order valence-corrected chi connectivity index (χ3v) is 11.0. The van der Waals surface area contributed by atoms with Crippen molar-refractivity contribution in [3.63, 3.8) is 0 Å². The minimum absolute atomic E-state index is 0.112. The number of methoxy groups -OCH3 is 2. The standard InChI is InChI=1S/C42H50N6O8/c1-23(2)35(45-41(51)53-5)39(49)47-19-7-9-31(47)37-43-29-17-15-28(22-34(29)56-37)26-13-11-25(12-14-26)27-16-18-33-30(21-27)44-38(55-33)32-10-8-20-48(32)40(50)36(24(3)4)46-42(52)54-6/h11-18,21-24,31-32,35-37,43H,7-10,19-20H2,1-6H3,(H,45,51)(H,46,52)/t31-,32-,35-,36-,37?/m0/s1. The number of ether oxygens (including phenoxy) is 3. The molecule has 0 spiro atoms. The van der Waals surface area contributed by atoms with Gasteiger partial charge in [-0.1, -0.05) is 64.1 Å². The van der Waals surface area contributed by atoms with E-state index < -0.39 is 30.5 Å². The number of amides is 4. The number of hydrogen-bond donors (Lipinski definition) is 3. The zero-order valence-electron chi connectivity index (χ0n) is 32.7. The highest BCUT2D eigenvalue weighted by molar-refractivity contribution is 5.88. The summed E-state index contributed by atoms with van der Waals surface area (Å²) >= 11 is 0. The van der Waals surface area contributed by atoms with Crippen LogP contribution in [-0.4, -0.2) is 90.4 Å². The number of alkyl carbamates (subject to hydrolysis) is 2. The number of anilines is 1. The monoisotopic (exact) mass is 766 g/mol. The molecule has 296 valence electrons. The van der Waals surface area contributed by atoms with Gasteiger partial charge >= 0.3 is 12.2 Å². The fraction of sp³-hybridized carbons (Fsp3) is 0.452. The zero-order chi connectivity index (χ0) is 39.7. The van der Waals surface area contributed by atoms with Gasteiger partial charge < -0.3 is 44.4 Å². The molecule has 1 aromatic heterocycles. The molecule has 14 heteroatoms. The van der Waals surface area contributed by atoms with E-state index >= 15 is 0 Å². The molecule has 0 aliphatic carbocycles. The predicted octanol–water partition coefficient (Wildman–Crippen LogP) is 6.71. The molecule has 2 fully saturated rings. The van der Waals surface area contributed by atoms with Crippen LogP contribution in [0, 0.1) is 11.8 Å². The first kappa shape index (κ1) is 38.5. The van der Waals surface area contributed by atoms with Gasteiger partial charge in [-0.05, 0) is 84.0 Å². The maximum atomic E-state index is 13.6. The first-order valence-electron chi connectivity index (χ1n) is 19.3. The van der Waals surface area contributed by atoms with Crippen molar-refractivity contribution in [1.29, 1.82) is 0 Å². The topological polar surface area (TPSA) is 165 Å². The van der Waals surface area contributed by atoms with Crippen LogP contribution in [0.2, 0.25) is 0 Å². The van der Waals surface area contributed by atoms with Crippen LogP contribution in [-0.2, 0) is 19.1 Å². The van der Waals surface area contributed by atoms with Gasteiger partial charge in [-0.15, -0.1) is 0 Å². The molecule has 2 saturated heterocycles. The summed E-state index contributed by atoms with van der Waals surface area (Å²) in [6.45, 7) is 8.72. The van der Waals surface area contributed by atoms with Gasteiger partial charge in [0.2, 0.25) is 17.7 Å². The number of fused-ring (bicyclic) bond motifs is 2. The van der Waals surface area contributed by atoms with Gasteiger partial charge in [0.1, 0.15) is 29.4 Å². The molecule has 4 heterocycles. The van der Waals surface area contributed by atoms with E-state index in [9.17, 15) is 19.2 Å². The second kappa shape index (κ2) is 16.1. The van der Waals surface area contributed by atoms with Gasteiger partial charge in [-0.3, -0.25) is 9.59 Å². The summed E-state index contributed by atoms with van der Waals surface area (Å²) in [6.07, 6.45) is 1.47. The van der Waals surface area contributed by atoms with E-state index in [1.807, 2.05) is 69.0 Å². The number of likely N-dealkylation sites (tertiary alicyclic amines) is 2. The van der Waals surface area contributed by atoms with Gasteiger partial charge in [0, 0.05) is 13.1 Å². The van der Waals surface area contributed by atoms with Crippen LogP contribution in [0.3, 0.4) is 0 Å². The van der Waals surface area contributed by atoms with Crippen LogP contribution in [0.4, 0.5) is 15.3 Å². The number of nitrogens with one attached hydrogen (secondary N) is 3. The number of nitrogens with zero attached hydrogens (tertiary/aromatic N) is 3. The van der Waals surface area contributed by atoms with Crippen LogP contribution < -0.4 is 20.7 Å². The minimum atomic E-state index is -0.720. The number of oxazole rings is 1. The number of hydrogen-bond acceptors (Lipinski definition) is 10. The summed E-state index contributed by atoms with van der Waals surface area (Å²) in [7, 11) is 2.57. The molecular formula is C42H50N6O8. The second-order valence-corrected chi connectivity index (χ2v) is 15.4. The lowest BCUT2D eigenvalue weighted by Crippen LogP contribution is -2.55. The molecule has 3 aliphatic heterocycles. The van der Waals surface area contributed by atoms with E-state index in [2.05, 4.69) is 40.2 Å². The van der Waals surface area contributed by atoms with Gasteiger partial charge in [-0.2, -0.15) is 0 Å². The minimum Gasteiger partial charge on any atom is -0.466 e. The summed E-state index contributed by atoms with van der Waals surface area (Å²) in [5.41, 5.74) is 6.21. The van der Waals surface area contributed by atoms with Gasteiger partial charge in [0.25, 0.3) is 0 Å². The van der Waals surface area contributed by atoms with E-state index in [0.717, 1.165) is 53.0 Å². The Hall–Kier alpha value is -5.79. The smallest absolute Gasteiger partial charge is 0.407 e. The summed E-state index contributed by atoms with van der Waals surface area (Å²) in [5.74, 6) is 0.641. The Kier molecular flexibility index (Phi) is 11.1. The quantitative estimate of drug-likeness (QED) is 0.158. The van der Waals surface area contributed by atoms with Crippen molar-refractivity contribution in [3.8, 4) is 28.0 Å². The van der Waals surface area contributed by atoms with Gasteiger partial charge in [0.05, 0.1) is 25.9 Å². The van der Waals surface area contributed by atoms with Crippen LogP contribution >= 0.6 is 0 Å². The average molecular weight is 767 g/mol. The molecule has 4 amide bonds. The zero-order valence-corrected chi connectivity index (χ0v) is 32.7. The molecule has 4 aromatic rings. The molecule has 3 aliphatic rings. The Balaban J connectivity index is 1.03. The Labute approximate surface area is 326 Å². The lowest BCUT2D eigenvalue weighted by molar-refractivity contribution is -0.137. The molecule has 14 nitrogen and oxygen atoms in total. The van der Waals surface area contributed by atoms with Crippen LogP contribution in [0.1, 0.15) is 65.3 Å². The Morgan fingerprint density at radius 2 is 1.30 bits per heavy atom. The SMILES string of the molecule is COC(=O)N[C@H](C(=O)N1CCC[C@H]1c1nc2cc(-c3ccc(-c4ccc5c(c4)OC([C@@H]4CCCN4C(=O)[C@@H](NC(=O)OC)C(C)C)N5)cc3)ccc2o1)C(C)C. The molecule has 3 aromatic carbocycles. The van der Waals surface area contributed by atoms with E-state index in [-0.39, 0.29) is 35.7 Å². The highest BCUT2D eigenvalue weighted by Gasteiger charge is 2.42.